The lowest BCUT2D eigenvalue weighted by Crippen LogP contribution is -2.36. The highest BCUT2D eigenvalue weighted by Crippen LogP contribution is 2.43. The van der Waals surface area contributed by atoms with Crippen molar-refractivity contribution in [2.75, 3.05) is 6.54 Å². The normalized spacial score (nSPS) is 23.3. The molecule has 0 bridgehead atoms. The van der Waals surface area contributed by atoms with Crippen molar-refractivity contribution in [2.45, 2.75) is 45.2 Å². The number of nitrogens with two attached hydrogens (primary N) is 1. The summed E-state index contributed by atoms with van der Waals surface area (Å²) in [6, 6.07) is 18.2. The average Bonchev–Trinajstić information content (AvgIpc) is 2.95. The largest absolute Gasteiger partial charge is 0.387 e. The Morgan fingerprint density at radius 2 is 1.81 bits per heavy atom. The molecule has 27 heavy (non-hydrogen) atoms. The molecule has 3 unspecified atom stereocenters. The zero-order valence-electron chi connectivity index (χ0n) is 16.4. The molecule has 1 aliphatic heterocycles. The third kappa shape index (κ3) is 3.42. The van der Waals surface area contributed by atoms with Crippen molar-refractivity contribution in [3.05, 3.63) is 71.3 Å². The van der Waals surface area contributed by atoms with Crippen LogP contribution in [0.4, 0.5) is 0 Å². The van der Waals surface area contributed by atoms with Gasteiger partial charge in [0.15, 0.2) is 11.3 Å². The number of amidine groups is 1. The number of nitrogens with one attached hydrogen (secondary N) is 1. The van der Waals surface area contributed by atoms with Crippen LogP contribution in [0.1, 0.15) is 56.3 Å². The van der Waals surface area contributed by atoms with Gasteiger partial charge in [0.05, 0.1) is 5.92 Å². The lowest BCUT2D eigenvalue weighted by atomic mass is 9.76. The molecule has 4 nitrogen and oxygen atoms in total. The molecule has 0 amide bonds. The van der Waals surface area contributed by atoms with Gasteiger partial charge in [0.1, 0.15) is 5.84 Å². The van der Waals surface area contributed by atoms with Crippen molar-refractivity contribution in [3.8, 4) is 0 Å². The number of ketones is 1. The molecule has 0 aromatic heterocycles. The molecule has 1 heterocycles. The minimum Gasteiger partial charge on any atom is -0.387 e. The van der Waals surface area contributed by atoms with E-state index in [1.54, 1.807) is 0 Å². The Bertz CT molecular complexity index is 831. The fourth-order valence-electron chi connectivity index (χ4n) is 4.00. The summed E-state index contributed by atoms with van der Waals surface area (Å²) in [5.41, 5.74) is 8.13. The van der Waals surface area contributed by atoms with Gasteiger partial charge >= 0.3 is 0 Å². The first kappa shape index (κ1) is 19.3. The van der Waals surface area contributed by atoms with Crippen LogP contribution in [0.3, 0.4) is 0 Å². The van der Waals surface area contributed by atoms with Crippen LogP contribution in [0.25, 0.3) is 0 Å². The van der Waals surface area contributed by atoms with Crippen LogP contribution in [0, 0.1) is 5.92 Å². The SMILES string of the molecule is CCCC1C(=O)C(c2ccccc2)(c2cccc(C(C)NCC)c2)N=C1N. The van der Waals surface area contributed by atoms with Crippen molar-refractivity contribution in [1.29, 1.82) is 0 Å². The van der Waals surface area contributed by atoms with Gasteiger partial charge in [0, 0.05) is 6.04 Å². The number of rotatable bonds is 7. The number of carbonyl (C=O) groups is 1. The molecule has 0 saturated heterocycles. The van der Waals surface area contributed by atoms with Gasteiger partial charge in [-0.3, -0.25) is 4.79 Å². The molecule has 2 aromatic carbocycles. The van der Waals surface area contributed by atoms with Crippen molar-refractivity contribution in [1.82, 2.24) is 5.32 Å². The Morgan fingerprint density at radius 3 is 2.48 bits per heavy atom. The molecule has 0 spiro atoms. The van der Waals surface area contributed by atoms with Crippen molar-refractivity contribution in [2.24, 2.45) is 16.6 Å². The summed E-state index contributed by atoms with van der Waals surface area (Å²) in [4.78, 5) is 18.4. The van der Waals surface area contributed by atoms with E-state index < -0.39 is 5.54 Å². The van der Waals surface area contributed by atoms with Gasteiger partial charge in [-0.05, 0) is 36.6 Å². The van der Waals surface area contributed by atoms with E-state index >= 15 is 0 Å². The van der Waals surface area contributed by atoms with Gasteiger partial charge in [-0.2, -0.15) is 0 Å². The molecule has 1 aliphatic rings. The smallest absolute Gasteiger partial charge is 0.180 e. The third-order valence-corrected chi connectivity index (χ3v) is 5.41. The van der Waals surface area contributed by atoms with Crippen molar-refractivity contribution >= 4 is 11.6 Å². The van der Waals surface area contributed by atoms with Crippen LogP contribution < -0.4 is 11.1 Å². The van der Waals surface area contributed by atoms with Crippen LogP contribution in [-0.4, -0.2) is 18.2 Å². The van der Waals surface area contributed by atoms with E-state index in [4.69, 9.17) is 10.7 Å². The predicted octanol–water partition coefficient (Wildman–Crippen LogP) is 3.96. The van der Waals surface area contributed by atoms with Gasteiger partial charge < -0.3 is 11.1 Å². The van der Waals surface area contributed by atoms with Gasteiger partial charge in [-0.25, -0.2) is 4.99 Å². The quantitative estimate of drug-likeness (QED) is 0.782. The van der Waals surface area contributed by atoms with Gasteiger partial charge in [-0.15, -0.1) is 0 Å². The Balaban J connectivity index is 2.16. The molecule has 2 aromatic rings. The predicted molar refractivity (Wildman–Crippen MR) is 111 cm³/mol. The van der Waals surface area contributed by atoms with E-state index in [1.165, 1.54) is 0 Å². The molecule has 0 saturated carbocycles. The highest BCUT2D eigenvalue weighted by atomic mass is 16.1. The number of nitrogens with zero attached hydrogens (tertiary/aromatic N) is 1. The van der Waals surface area contributed by atoms with Crippen molar-refractivity contribution < 1.29 is 4.79 Å². The molecule has 3 rings (SSSR count). The number of carbonyl (C=O) groups excluding carboxylic acids is 1. The first-order valence-corrected chi connectivity index (χ1v) is 9.83. The third-order valence-electron chi connectivity index (χ3n) is 5.41. The maximum Gasteiger partial charge on any atom is 0.180 e. The van der Waals surface area contributed by atoms with E-state index in [1.807, 2.05) is 42.5 Å². The lowest BCUT2D eigenvalue weighted by Gasteiger charge is -2.28. The Hall–Kier alpha value is -2.46. The first-order chi connectivity index (χ1) is 13.0. The summed E-state index contributed by atoms with van der Waals surface area (Å²) in [6.07, 6.45) is 1.63. The second kappa shape index (κ2) is 8.05. The highest BCUT2D eigenvalue weighted by Gasteiger charge is 2.50. The van der Waals surface area contributed by atoms with Crippen LogP contribution in [0.15, 0.2) is 59.6 Å². The molecule has 0 radical (unpaired) electrons. The summed E-state index contributed by atoms with van der Waals surface area (Å²) < 4.78 is 0. The second-order valence-electron chi connectivity index (χ2n) is 7.22. The molecule has 142 valence electrons. The summed E-state index contributed by atoms with van der Waals surface area (Å²) in [7, 11) is 0. The van der Waals surface area contributed by atoms with Crippen LogP contribution in [0.2, 0.25) is 0 Å². The monoisotopic (exact) mass is 363 g/mol. The van der Waals surface area contributed by atoms with E-state index in [2.05, 4.69) is 38.2 Å². The number of aliphatic imine (C=N–C) groups is 1. The summed E-state index contributed by atoms with van der Waals surface area (Å²) in [6.45, 7) is 7.18. The van der Waals surface area contributed by atoms with Crippen LogP contribution >= 0.6 is 0 Å². The van der Waals surface area contributed by atoms with E-state index in [-0.39, 0.29) is 17.7 Å². The first-order valence-electron chi connectivity index (χ1n) is 9.83. The topological polar surface area (TPSA) is 67.5 Å². The molecule has 3 N–H and O–H groups in total. The minimum atomic E-state index is -1.05. The fraction of sp³-hybridized carbons (Fsp3) is 0.391. The molecule has 3 atom stereocenters. The Kier molecular flexibility index (Phi) is 5.76. The highest BCUT2D eigenvalue weighted by molar-refractivity contribution is 6.14. The number of Topliss-reactive ketones (excluding diaryl/α,β-unsaturated/α-hetero) is 1. The fourth-order valence-corrected chi connectivity index (χ4v) is 4.00. The maximum atomic E-state index is 13.6. The van der Waals surface area contributed by atoms with Crippen molar-refractivity contribution in [3.63, 3.8) is 0 Å². The zero-order valence-corrected chi connectivity index (χ0v) is 16.4. The maximum absolute atomic E-state index is 13.6. The number of benzene rings is 2. The molecular formula is C23H29N3O. The van der Waals surface area contributed by atoms with E-state index in [9.17, 15) is 4.79 Å². The zero-order chi connectivity index (χ0) is 19.4. The molecule has 0 fully saturated rings. The molecule has 0 aliphatic carbocycles. The van der Waals surface area contributed by atoms with Crippen LogP contribution in [-0.2, 0) is 10.3 Å². The standard InChI is InChI=1S/C23H29N3O/c1-4-10-20-21(27)23(26-22(20)24,18-12-7-6-8-13-18)19-14-9-11-17(15-19)16(3)25-5-2/h6-9,11-16,20,25H,4-5,10H2,1-3H3,(H2,24,26). The molecule has 4 heteroatoms. The van der Waals surface area contributed by atoms with Crippen LogP contribution in [0.5, 0.6) is 0 Å². The summed E-state index contributed by atoms with van der Waals surface area (Å²) in [5.74, 6) is 0.224. The van der Waals surface area contributed by atoms with Gasteiger partial charge in [0.25, 0.3) is 0 Å². The summed E-state index contributed by atoms with van der Waals surface area (Å²) >= 11 is 0. The van der Waals surface area contributed by atoms with Gasteiger partial charge in [-0.1, -0.05) is 74.9 Å². The number of hydrogen-bond donors (Lipinski definition) is 2. The molecular weight excluding hydrogens is 334 g/mol. The lowest BCUT2D eigenvalue weighted by molar-refractivity contribution is -0.124. The Morgan fingerprint density at radius 1 is 1.11 bits per heavy atom. The number of hydrogen-bond acceptors (Lipinski definition) is 4. The van der Waals surface area contributed by atoms with Gasteiger partial charge in [0.2, 0.25) is 0 Å². The average molecular weight is 364 g/mol. The van der Waals surface area contributed by atoms with E-state index in [0.29, 0.717) is 5.84 Å². The second-order valence-corrected chi connectivity index (χ2v) is 7.22. The summed E-state index contributed by atoms with van der Waals surface area (Å²) in [5, 5.41) is 3.44. The minimum absolute atomic E-state index is 0.0845. The Labute approximate surface area is 161 Å². The van der Waals surface area contributed by atoms with E-state index in [0.717, 1.165) is 36.1 Å².